The summed E-state index contributed by atoms with van der Waals surface area (Å²) in [5, 5.41) is 15.2. The number of likely N-dealkylation sites (tertiary alicyclic amines) is 1. The standard InChI is InChI=1S/C19H21FN6O2/c1-3-22-17-13(9-21)10-23-19(25-17)24-15-5-4-12(8-16(15)28-2)18(27)26-7-6-14(20)11-26/h4-5,8,10,14H,3,6-7,11H2,1-2H3,(H2,22,23,24,25)/t14-/m0/s1. The van der Waals surface area contributed by atoms with Crippen LogP contribution in [0.3, 0.4) is 0 Å². The monoisotopic (exact) mass is 384 g/mol. The van der Waals surface area contributed by atoms with Crippen molar-refractivity contribution in [2.45, 2.75) is 19.5 Å². The molecule has 1 amide bonds. The Kier molecular flexibility index (Phi) is 5.89. The summed E-state index contributed by atoms with van der Waals surface area (Å²) in [6.07, 6.45) is 0.830. The number of rotatable bonds is 6. The third kappa shape index (κ3) is 4.11. The van der Waals surface area contributed by atoms with Gasteiger partial charge in [0.05, 0.1) is 25.5 Å². The molecule has 0 aliphatic carbocycles. The van der Waals surface area contributed by atoms with E-state index in [1.807, 2.05) is 13.0 Å². The van der Waals surface area contributed by atoms with E-state index in [1.54, 1.807) is 18.2 Å². The molecular formula is C19H21FN6O2. The summed E-state index contributed by atoms with van der Waals surface area (Å²) in [5.74, 6) is 0.920. The van der Waals surface area contributed by atoms with Gasteiger partial charge in [-0.05, 0) is 31.5 Å². The van der Waals surface area contributed by atoms with Gasteiger partial charge < -0.3 is 20.3 Å². The van der Waals surface area contributed by atoms with E-state index < -0.39 is 6.17 Å². The Balaban J connectivity index is 1.82. The van der Waals surface area contributed by atoms with Crippen molar-refractivity contribution in [3.63, 3.8) is 0 Å². The summed E-state index contributed by atoms with van der Waals surface area (Å²) in [4.78, 5) is 22.5. The van der Waals surface area contributed by atoms with Gasteiger partial charge in [-0.25, -0.2) is 9.37 Å². The molecule has 1 fully saturated rings. The van der Waals surface area contributed by atoms with E-state index in [0.717, 1.165) is 0 Å². The number of alkyl halides is 1. The minimum absolute atomic E-state index is 0.118. The Hall–Kier alpha value is -3.41. The number of nitrogens with one attached hydrogen (secondary N) is 2. The van der Waals surface area contributed by atoms with E-state index in [0.29, 0.717) is 47.9 Å². The van der Waals surface area contributed by atoms with Crippen molar-refractivity contribution in [1.29, 1.82) is 5.26 Å². The van der Waals surface area contributed by atoms with Gasteiger partial charge in [0.15, 0.2) is 0 Å². The highest BCUT2D eigenvalue weighted by Crippen LogP contribution is 2.29. The van der Waals surface area contributed by atoms with Gasteiger partial charge in [0.2, 0.25) is 5.95 Å². The molecule has 8 nitrogen and oxygen atoms in total. The molecule has 28 heavy (non-hydrogen) atoms. The van der Waals surface area contributed by atoms with Crippen molar-refractivity contribution in [2.24, 2.45) is 0 Å². The molecule has 2 heterocycles. The van der Waals surface area contributed by atoms with E-state index in [-0.39, 0.29) is 18.4 Å². The molecule has 146 valence electrons. The van der Waals surface area contributed by atoms with E-state index in [9.17, 15) is 9.18 Å². The Labute approximate surface area is 162 Å². The van der Waals surface area contributed by atoms with E-state index in [1.165, 1.54) is 18.2 Å². The fraction of sp³-hybridized carbons (Fsp3) is 0.368. The maximum atomic E-state index is 13.4. The average molecular weight is 384 g/mol. The molecule has 0 saturated carbocycles. The molecule has 1 aromatic carbocycles. The van der Waals surface area contributed by atoms with E-state index in [4.69, 9.17) is 10.00 Å². The number of nitriles is 1. The molecule has 3 rings (SSSR count). The SMILES string of the molecule is CCNc1nc(Nc2ccc(C(=O)N3CC[C@H](F)C3)cc2OC)ncc1C#N. The number of hydrogen-bond acceptors (Lipinski definition) is 7. The Morgan fingerprint density at radius 1 is 1.50 bits per heavy atom. The van der Waals surface area contributed by atoms with Crippen LogP contribution in [-0.4, -0.2) is 53.7 Å². The van der Waals surface area contributed by atoms with Crippen molar-refractivity contribution in [2.75, 3.05) is 37.4 Å². The predicted molar refractivity (Wildman–Crippen MR) is 103 cm³/mol. The Morgan fingerprint density at radius 2 is 2.32 bits per heavy atom. The van der Waals surface area contributed by atoms with Gasteiger partial charge in [-0.2, -0.15) is 10.2 Å². The molecule has 1 atom stereocenters. The molecule has 2 aromatic rings. The number of methoxy groups -OCH3 is 1. The molecule has 1 aliphatic rings. The lowest BCUT2D eigenvalue weighted by molar-refractivity contribution is 0.0782. The average Bonchev–Trinajstić information content (AvgIpc) is 3.14. The molecule has 1 saturated heterocycles. The highest BCUT2D eigenvalue weighted by Gasteiger charge is 2.27. The Bertz CT molecular complexity index is 914. The van der Waals surface area contributed by atoms with Gasteiger partial charge in [-0.1, -0.05) is 0 Å². The zero-order chi connectivity index (χ0) is 20.1. The second kappa shape index (κ2) is 8.52. The second-order valence-electron chi connectivity index (χ2n) is 6.28. The molecule has 0 unspecified atom stereocenters. The molecular weight excluding hydrogens is 363 g/mol. The number of carbonyl (C=O) groups is 1. The van der Waals surface area contributed by atoms with Crippen LogP contribution in [0.1, 0.15) is 29.3 Å². The van der Waals surface area contributed by atoms with Crippen LogP contribution in [0.2, 0.25) is 0 Å². The molecule has 1 aromatic heterocycles. The largest absolute Gasteiger partial charge is 0.495 e. The first-order valence-electron chi connectivity index (χ1n) is 8.95. The van der Waals surface area contributed by atoms with Crippen LogP contribution in [0, 0.1) is 11.3 Å². The molecule has 2 N–H and O–H groups in total. The second-order valence-corrected chi connectivity index (χ2v) is 6.28. The van der Waals surface area contributed by atoms with Crippen LogP contribution in [0.15, 0.2) is 24.4 Å². The lowest BCUT2D eigenvalue weighted by Crippen LogP contribution is -2.28. The summed E-state index contributed by atoms with van der Waals surface area (Å²) in [5.41, 5.74) is 1.33. The molecule has 9 heteroatoms. The van der Waals surface area contributed by atoms with Crippen LogP contribution in [0.5, 0.6) is 5.75 Å². The van der Waals surface area contributed by atoms with Crippen molar-refractivity contribution in [1.82, 2.24) is 14.9 Å². The van der Waals surface area contributed by atoms with Gasteiger partial charge in [-0.15, -0.1) is 0 Å². The number of anilines is 3. The molecule has 1 aliphatic heterocycles. The zero-order valence-electron chi connectivity index (χ0n) is 15.7. The van der Waals surface area contributed by atoms with Gasteiger partial charge in [0.1, 0.15) is 29.4 Å². The topological polar surface area (TPSA) is 103 Å². The number of benzene rings is 1. The van der Waals surface area contributed by atoms with Crippen LogP contribution in [-0.2, 0) is 0 Å². The number of nitrogens with zero attached hydrogens (tertiary/aromatic N) is 4. The number of halogens is 1. The summed E-state index contributed by atoms with van der Waals surface area (Å²) in [6.45, 7) is 3.05. The maximum absolute atomic E-state index is 13.4. The first-order chi connectivity index (χ1) is 13.5. The first kappa shape index (κ1) is 19.4. The van der Waals surface area contributed by atoms with Crippen LogP contribution in [0.25, 0.3) is 0 Å². The van der Waals surface area contributed by atoms with Gasteiger partial charge in [0.25, 0.3) is 5.91 Å². The molecule has 0 spiro atoms. The predicted octanol–water partition coefficient (Wildman–Crippen LogP) is 2.72. The zero-order valence-corrected chi connectivity index (χ0v) is 15.7. The summed E-state index contributed by atoms with van der Waals surface area (Å²) in [6, 6.07) is 6.97. The minimum atomic E-state index is -0.966. The van der Waals surface area contributed by atoms with Crippen molar-refractivity contribution >= 4 is 23.4 Å². The number of aromatic nitrogens is 2. The fourth-order valence-corrected chi connectivity index (χ4v) is 2.96. The molecule has 0 radical (unpaired) electrons. The van der Waals surface area contributed by atoms with Crippen LogP contribution < -0.4 is 15.4 Å². The number of amides is 1. The first-order valence-corrected chi connectivity index (χ1v) is 8.95. The Morgan fingerprint density at radius 3 is 2.96 bits per heavy atom. The minimum Gasteiger partial charge on any atom is -0.495 e. The van der Waals surface area contributed by atoms with Crippen molar-refractivity contribution < 1.29 is 13.9 Å². The highest BCUT2D eigenvalue weighted by molar-refractivity contribution is 5.95. The summed E-state index contributed by atoms with van der Waals surface area (Å²) in [7, 11) is 1.49. The van der Waals surface area contributed by atoms with Gasteiger partial charge >= 0.3 is 0 Å². The smallest absolute Gasteiger partial charge is 0.254 e. The lowest BCUT2D eigenvalue weighted by atomic mass is 10.1. The normalized spacial score (nSPS) is 15.8. The molecule has 0 bridgehead atoms. The maximum Gasteiger partial charge on any atom is 0.254 e. The van der Waals surface area contributed by atoms with Gasteiger partial charge in [0, 0.05) is 18.7 Å². The quantitative estimate of drug-likeness (QED) is 0.789. The van der Waals surface area contributed by atoms with E-state index >= 15 is 0 Å². The van der Waals surface area contributed by atoms with E-state index in [2.05, 4.69) is 20.6 Å². The van der Waals surface area contributed by atoms with Crippen molar-refractivity contribution in [3.05, 3.63) is 35.5 Å². The highest BCUT2D eigenvalue weighted by atomic mass is 19.1. The van der Waals surface area contributed by atoms with Crippen LogP contribution in [0.4, 0.5) is 21.8 Å². The third-order valence-corrected chi connectivity index (χ3v) is 4.37. The van der Waals surface area contributed by atoms with Crippen molar-refractivity contribution in [3.8, 4) is 11.8 Å². The number of hydrogen-bond donors (Lipinski definition) is 2. The summed E-state index contributed by atoms with van der Waals surface area (Å²) >= 11 is 0. The summed E-state index contributed by atoms with van der Waals surface area (Å²) < 4.78 is 18.8. The fourth-order valence-electron chi connectivity index (χ4n) is 2.96. The third-order valence-electron chi connectivity index (χ3n) is 4.37. The number of carbonyl (C=O) groups excluding carboxylic acids is 1. The van der Waals surface area contributed by atoms with Gasteiger partial charge in [-0.3, -0.25) is 4.79 Å². The number of ether oxygens (including phenoxy) is 1. The lowest BCUT2D eigenvalue weighted by Gasteiger charge is -2.17. The van der Waals surface area contributed by atoms with Crippen LogP contribution >= 0.6 is 0 Å².